The third-order valence-corrected chi connectivity index (χ3v) is 4.23. The van der Waals surface area contributed by atoms with Crippen molar-refractivity contribution >= 4 is 24.8 Å². The normalized spacial score (nSPS) is 15.7. The van der Waals surface area contributed by atoms with Crippen LogP contribution in [0.15, 0.2) is 34.9 Å². The summed E-state index contributed by atoms with van der Waals surface area (Å²) in [7, 11) is 1.60. The third-order valence-electron chi connectivity index (χ3n) is 4.23. The first-order valence-corrected chi connectivity index (χ1v) is 7.72. The van der Waals surface area contributed by atoms with Gasteiger partial charge in [-0.2, -0.15) is 11.1 Å². The van der Waals surface area contributed by atoms with Crippen molar-refractivity contribution in [2.24, 2.45) is 5.92 Å². The molecule has 0 amide bonds. The van der Waals surface area contributed by atoms with E-state index >= 15 is 0 Å². The first-order valence-electron chi connectivity index (χ1n) is 7.72. The first kappa shape index (κ1) is 29.4. The van der Waals surface area contributed by atoms with E-state index in [9.17, 15) is 5.11 Å². The first-order chi connectivity index (χ1) is 10.1. The van der Waals surface area contributed by atoms with E-state index in [1.165, 1.54) is 16.7 Å². The molecule has 142 valence electrons. The van der Waals surface area contributed by atoms with Crippen molar-refractivity contribution in [1.82, 2.24) is 0 Å². The SMILES string of the molecule is CC1=[C-]C(C)C(C)=C1C.COc1cc(O)cc(C(C)(C)C)c1.Cl.Cl.[Ti]. The summed E-state index contributed by atoms with van der Waals surface area (Å²) in [6.07, 6.45) is 3.36. The van der Waals surface area contributed by atoms with E-state index in [4.69, 9.17) is 4.74 Å². The van der Waals surface area contributed by atoms with Gasteiger partial charge in [-0.3, -0.25) is 6.08 Å². The molecular formula is C20H31Cl2O2Ti-. The van der Waals surface area contributed by atoms with Crippen LogP contribution in [-0.4, -0.2) is 12.2 Å². The minimum absolute atomic E-state index is 0. The molecule has 0 bridgehead atoms. The van der Waals surface area contributed by atoms with Gasteiger partial charge in [-0.05, 0) is 23.1 Å². The topological polar surface area (TPSA) is 29.5 Å². The van der Waals surface area contributed by atoms with Crippen LogP contribution in [0.5, 0.6) is 11.5 Å². The van der Waals surface area contributed by atoms with E-state index in [2.05, 4.69) is 54.5 Å². The van der Waals surface area contributed by atoms with Gasteiger partial charge in [-0.25, -0.2) is 5.57 Å². The molecule has 1 unspecified atom stereocenters. The number of ether oxygens (including phenoxy) is 1. The zero-order valence-corrected chi connectivity index (χ0v) is 19.7. The van der Waals surface area contributed by atoms with E-state index in [0.717, 1.165) is 5.56 Å². The van der Waals surface area contributed by atoms with Crippen molar-refractivity contribution in [2.45, 2.75) is 53.9 Å². The number of phenolic OH excluding ortho intramolecular Hbond substituents is 1. The number of hydrogen-bond acceptors (Lipinski definition) is 2. The van der Waals surface area contributed by atoms with E-state index in [-0.39, 0.29) is 57.7 Å². The monoisotopic (exact) mass is 421 g/mol. The van der Waals surface area contributed by atoms with E-state index in [1.807, 2.05) is 6.07 Å². The van der Waals surface area contributed by atoms with E-state index in [0.29, 0.717) is 11.7 Å². The zero-order valence-electron chi connectivity index (χ0n) is 16.5. The van der Waals surface area contributed by atoms with Crippen LogP contribution < -0.4 is 4.74 Å². The van der Waals surface area contributed by atoms with Gasteiger partial charge in [0.2, 0.25) is 0 Å². The average molecular weight is 422 g/mol. The quantitative estimate of drug-likeness (QED) is 0.428. The summed E-state index contributed by atoms with van der Waals surface area (Å²) >= 11 is 0. The number of phenols is 1. The Bertz CT molecular complexity index is 602. The Balaban J connectivity index is -0.000000362. The molecule has 0 aromatic heterocycles. The number of allylic oxidation sites excluding steroid dienone is 4. The minimum atomic E-state index is 0. The van der Waals surface area contributed by atoms with Gasteiger partial charge in [0.05, 0.1) is 7.11 Å². The number of hydrogen-bond donors (Lipinski definition) is 1. The predicted octanol–water partition coefficient (Wildman–Crippen LogP) is 6.26. The standard InChI is InChI=1S/C11H16O2.C9H13.2ClH.Ti/c1-11(2,3)8-5-9(12)7-10(6-8)13-4;1-6-5-7(2)9(4)8(6)3;;;/h5-7,12H,1-4H3;6H,1-4H3;2*1H;/q;-1;;;. The van der Waals surface area contributed by atoms with Crippen LogP contribution in [0.2, 0.25) is 0 Å². The van der Waals surface area contributed by atoms with Crippen molar-refractivity contribution in [3.8, 4) is 11.5 Å². The summed E-state index contributed by atoms with van der Waals surface area (Å²) in [5.74, 6) is 1.51. The smallest absolute Gasteiger partial charge is 0.122 e. The second-order valence-corrected chi connectivity index (χ2v) is 6.97. The summed E-state index contributed by atoms with van der Waals surface area (Å²) in [6.45, 7) is 15.0. The van der Waals surface area contributed by atoms with Gasteiger partial charge >= 0.3 is 0 Å². The Hall–Kier alpha value is -0.406. The van der Waals surface area contributed by atoms with Gasteiger partial charge in [0, 0.05) is 27.8 Å². The molecule has 0 spiro atoms. The fourth-order valence-electron chi connectivity index (χ4n) is 2.30. The Morgan fingerprint density at radius 3 is 1.84 bits per heavy atom. The molecule has 0 radical (unpaired) electrons. The van der Waals surface area contributed by atoms with Gasteiger partial charge in [0.25, 0.3) is 0 Å². The van der Waals surface area contributed by atoms with Crippen LogP contribution in [0.3, 0.4) is 0 Å². The van der Waals surface area contributed by atoms with Crippen LogP contribution in [0.4, 0.5) is 0 Å². The van der Waals surface area contributed by atoms with Gasteiger partial charge in [-0.1, -0.05) is 47.5 Å². The Kier molecular flexibility index (Phi) is 14.2. The zero-order chi connectivity index (χ0) is 17.1. The fraction of sp³-hybridized carbons (Fsp3) is 0.500. The molecule has 0 heterocycles. The van der Waals surface area contributed by atoms with Crippen molar-refractivity contribution in [3.05, 3.63) is 46.6 Å². The second kappa shape index (κ2) is 12.1. The number of aromatic hydroxyl groups is 1. The molecule has 1 atom stereocenters. The van der Waals surface area contributed by atoms with Gasteiger partial charge in [0.15, 0.2) is 0 Å². The second-order valence-electron chi connectivity index (χ2n) is 6.97. The fourth-order valence-corrected chi connectivity index (χ4v) is 2.30. The van der Waals surface area contributed by atoms with E-state index < -0.39 is 0 Å². The van der Waals surface area contributed by atoms with Crippen LogP contribution in [0.25, 0.3) is 0 Å². The molecule has 2 nitrogen and oxygen atoms in total. The molecule has 0 aliphatic heterocycles. The summed E-state index contributed by atoms with van der Waals surface area (Å²) in [5, 5.41) is 9.41. The Morgan fingerprint density at radius 1 is 1.04 bits per heavy atom. The van der Waals surface area contributed by atoms with Crippen LogP contribution >= 0.6 is 24.8 Å². The number of methoxy groups -OCH3 is 1. The largest absolute Gasteiger partial charge is 0.508 e. The Morgan fingerprint density at radius 2 is 1.56 bits per heavy atom. The van der Waals surface area contributed by atoms with Gasteiger partial charge in [-0.15, -0.1) is 31.7 Å². The molecule has 0 saturated heterocycles. The van der Waals surface area contributed by atoms with E-state index in [1.54, 1.807) is 19.2 Å². The minimum Gasteiger partial charge on any atom is -0.508 e. The molecule has 1 aromatic rings. The molecule has 1 aromatic carbocycles. The molecule has 1 N–H and O–H groups in total. The molecule has 2 rings (SSSR count). The molecule has 0 saturated carbocycles. The molecule has 1 aliphatic rings. The third kappa shape index (κ3) is 8.68. The maximum absolute atomic E-state index is 9.41. The molecule has 0 fully saturated rings. The summed E-state index contributed by atoms with van der Waals surface area (Å²) in [5.41, 5.74) is 5.35. The molecule has 25 heavy (non-hydrogen) atoms. The molecule has 1 aliphatic carbocycles. The maximum atomic E-state index is 9.41. The predicted molar refractivity (Wildman–Crippen MR) is 108 cm³/mol. The van der Waals surface area contributed by atoms with Crippen LogP contribution in [0.1, 0.15) is 54.0 Å². The van der Waals surface area contributed by atoms with Crippen molar-refractivity contribution < 1.29 is 31.6 Å². The van der Waals surface area contributed by atoms with Crippen LogP contribution in [0, 0.1) is 12.0 Å². The van der Waals surface area contributed by atoms with Crippen molar-refractivity contribution in [2.75, 3.05) is 7.11 Å². The molecular weight excluding hydrogens is 391 g/mol. The van der Waals surface area contributed by atoms with Gasteiger partial charge < -0.3 is 9.84 Å². The van der Waals surface area contributed by atoms with Crippen molar-refractivity contribution in [1.29, 1.82) is 0 Å². The van der Waals surface area contributed by atoms with Crippen LogP contribution in [-0.2, 0) is 27.1 Å². The number of benzene rings is 1. The Labute approximate surface area is 180 Å². The van der Waals surface area contributed by atoms with Crippen molar-refractivity contribution in [3.63, 3.8) is 0 Å². The summed E-state index contributed by atoms with van der Waals surface area (Å²) in [6, 6.07) is 5.32. The summed E-state index contributed by atoms with van der Waals surface area (Å²) < 4.78 is 5.07. The average Bonchev–Trinajstić information content (AvgIpc) is 2.64. The molecule has 5 heteroatoms. The van der Waals surface area contributed by atoms with Gasteiger partial charge in [0.1, 0.15) is 11.5 Å². The number of rotatable bonds is 1. The number of halogens is 2. The summed E-state index contributed by atoms with van der Waals surface area (Å²) in [4.78, 5) is 0. The maximum Gasteiger partial charge on any atom is 0.122 e.